The zero-order chi connectivity index (χ0) is 11.3. The summed E-state index contributed by atoms with van der Waals surface area (Å²) in [6, 6.07) is 9.28. The number of hydrogen-bond acceptors (Lipinski definition) is 2. The number of benzene rings is 1. The minimum Gasteiger partial charge on any atom is -0.392 e. The molecule has 1 rings (SSSR count). The second-order valence-corrected chi connectivity index (χ2v) is 3.83. The van der Waals surface area contributed by atoms with Crippen molar-refractivity contribution in [3.63, 3.8) is 0 Å². The zero-order valence-corrected chi connectivity index (χ0v) is 9.38. The summed E-state index contributed by atoms with van der Waals surface area (Å²) in [6.07, 6.45) is 0.355. The van der Waals surface area contributed by atoms with E-state index < -0.39 is 0 Å². The Morgan fingerprint density at radius 3 is 2.60 bits per heavy atom. The molecule has 0 fully saturated rings. The predicted octanol–water partition coefficient (Wildman–Crippen LogP) is 1.02. The van der Waals surface area contributed by atoms with E-state index in [0.29, 0.717) is 11.4 Å². The number of carbonyl (C=O) groups is 1. The van der Waals surface area contributed by atoms with Crippen LogP contribution in [0.4, 0.5) is 0 Å². The molecule has 0 heterocycles. The molecular formula is C11H14N2OS. The Balaban J connectivity index is 2.47. The van der Waals surface area contributed by atoms with Gasteiger partial charge >= 0.3 is 0 Å². The van der Waals surface area contributed by atoms with Crippen LogP contribution in [-0.2, 0) is 11.2 Å². The van der Waals surface area contributed by atoms with Crippen molar-refractivity contribution in [3.05, 3.63) is 35.9 Å². The summed E-state index contributed by atoms with van der Waals surface area (Å²) in [5.41, 5.74) is 6.37. The first kappa shape index (κ1) is 11.7. The Hall–Kier alpha value is -1.42. The van der Waals surface area contributed by atoms with Gasteiger partial charge in [0.15, 0.2) is 0 Å². The van der Waals surface area contributed by atoms with Crippen LogP contribution in [0.15, 0.2) is 30.3 Å². The van der Waals surface area contributed by atoms with Crippen molar-refractivity contribution in [2.24, 2.45) is 5.73 Å². The summed E-state index contributed by atoms with van der Waals surface area (Å²) < 4.78 is 0. The number of hydrogen-bond donors (Lipinski definition) is 2. The molecule has 0 aliphatic carbocycles. The average molecular weight is 222 g/mol. The maximum atomic E-state index is 11.5. The van der Waals surface area contributed by atoms with E-state index in [0.717, 1.165) is 5.56 Å². The average Bonchev–Trinajstić information content (AvgIpc) is 2.18. The summed E-state index contributed by atoms with van der Waals surface area (Å²) in [6.45, 7) is 1.77. The number of carbonyl (C=O) groups excluding carboxylic acids is 1. The van der Waals surface area contributed by atoms with Gasteiger partial charge in [0.2, 0.25) is 5.91 Å². The van der Waals surface area contributed by atoms with Crippen LogP contribution in [0.3, 0.4) is 0 Å². The number of rotatable bonds is 4. The van der Waals surface area contributed by atoms with Crippen LogP contribution in [0.25, 0.3) is 0 Å². The van der Waals surface area contributed by atoms with Crippen molar-refractivity contribution in [1.82, 2.24) is 5.32 Å². The van der Waals surface area contributed by atoms with Crippen LogP contribution >= 0.6 is 12.2 Å². The number of nitrogens with one attached hydrogen (secondary N) is 1. The highest BCUT2D eigenvalue weighted by Gasteiger charge is 2.09. The Kier molecular flexibility index (Phi) is 4.24. The first-order chi connectivity index (χ1) is 7.09. The Bertz CT molecular complexity index is 351. The lowest BCUT2D eigenvalue weighted by atomic mass is 10.1. The maximum absolute atomic E-state index is 11.5. The normalized spacial score (nSPS) is 11.8. The highest BCUT2D eigenvalue weighted by Crippen LogP contribution is 1.99. The highest BCUT2D eigenvalue weighted by molar-refractivity contribution is 7.80. The molecule has 0 spiro atoms. The summed E-state index contributed by atoms with van der Waals surface area (Å²) in [7, 11) is 0. The van der Waals surface area contributed by atoms with Gasteiger partial charge in [-0.15, -0.1) is 0 Å². The fraction of sp³-hybridized carbons (Fsp3) is 0.273. The third kappa shape index (κ3) is 4.08. The molecule has 80 valence electrons. The third-order valence-corrected chi connectivity index (χ3v) is 2.37. The highest BCUT2D eigenvalue weighted by atomic mass is 32.1. The summed E-state index contributed by atoms with van der Waals surface area (Å²) in [5, 5.41) is 2.72. The minimum atomic E-state index is -0.254. The van der Waals surface area contributed by atoms with Crippen LogP contribution in [0.2, 0.25) is 0 Å². The van der Waals surface area contributed by atoms with E-state index in [1.54, 1.807) is 6.92 Å². The minimum absolute atomic E-state index is 0.0681. The van der Waals surface area contributed by atoms with Gasteiger partial charge in [-0.3, -0.25) is 4.79 Å². The van der Waals surface area contributed by atoms with Gasteiger partial charge in [-0.1, -0.05) is 42.5 Å². The van der Waals surface area contributed by atoms with E-state index in [4.69, 9.17) is 18.0 Å². The quantitative estimate of drug-likeness (QED) is 0.748. The molecule has 1 aromatic rings. The van der Waals surface area contributed by atoms with Crippen molar-refractivity contribution in [3.8, 4) is 0 Å². The topological polar surface area (TPSA) is 55.1 Å². The first-order valence-corrected chi connectivity index (χ1v) is 5.13. The molecule has 3 N–H and O–H groups in total. The molecule has 15 heavy (non-hydrogen) atoms. The standard InChI is InChI=1S/C11H14N2OS/c1-8(11(12)15)13-10(14)7-9-5-3-2-4-6-9/h2-6,8H,7H2,1H3,(H2,12,15)(H,13,14). The lowest BCUT2D eigenvalue weighted by Gasteiger charge is -2.11. The molecule has 1 aromatic carbocycles. The number of amides is 1. The van der Waals surface area contributed by atoms with Crippen molar-refractivity contribution < 1.29 is 4.79 Å². The Morgan fingerprint density at radius 1 is 1.47 bits per heavy atom. The smallest absolute Gasteiger partial charge is 0.224 e. The van der Waals surface area contributed by atoms with Crippen molar-refractivity contribution in [2.75, 3.05) is 0 Å². The van der Waals surface area contributed by atoms with E-state index in [-0.39, 0.29) is 11.9 Å². The molecular weight excluding hydrogens is 208 g/mol. The molecule has 4 heteroatoms. The monoisotopic (exact) mass is 222 g/mol. The van der Waals surface area contributed by atoms with Gasteiger partial charge in [-0.25, -0.2) is 0 Å². The SMILES string of the molecule is CC(NC(=O)Cc1ccccc1)C(N)=S. The predicted molar refractivity (Wildman–Crippen MR) is 64.5 cm³/mol. The van der Waals surface area contributed by atoms with Gasteiger partial charge in [-0.05, 0) is 12.5 Å². The van der Waals surface area contributed by atoms with Crippen molar-refractivity contribution in [2.45, 2.75) is 19.4 Å². The van der Waals surface area contributed by atoms with Crippen LogP contribution in [0, 0.1) is 0 Å². The molecule has 1 atom stereocenters. The number of nitrogens with two attached hydrogens (primary N) is 1. The van der Waals surface area contributed by atoms with Crippen LogP contribution < -0.4 is 11.1 Å². The molecule has 0 aliphatic rings. The Morgan fingerprint density at radius 2 is 2.07 bits per heavy atom. The lowest BCUT2D eigenvalue weighted by molar-refractivity contribution is -0.120. The molecule has 0 bridgehead atoms. The van der Waals surface area contributed by atoms with Gasteiger partial charge < -0.3 is 11.1 Å². The summed E-state index contributed by atoms with van der Waals surface area (Å²) in [4.78, 5) is 11.8. The van der Waals surface area contributed by atoms with E-state index in [2.05, 4.69) is 5.32 Å². The fourth-order valence-electron chi connectivity index (χ4n) is 1.14. The molecule has 0 saturated carbocycles. The van der Waals surface area contributed by atoms with Gasteiger partial charge in [0.05, 0.1) is 17.5 Å². The second-order valence-electron chi connectivity index (χ2n) is 3.35. The van der Waals surface area contributed by atoms with E-state index >= 15 is 0 Å². The van der Waals surface area contributed by atoms with Crippen LogP contribution in [0.1, 0.15) is 12.5 Å². The molecule has 3 nitrogen and oxygen atoms in total. The zero-order valence-electron chi connectivity index (χ0n) is 8.57. The fourth-order valence-corrected chi connectivity index (χ4v) is 1.20. The van der Waals surface area contributed by atoms with E-state index in [1.807, 2.05) is 30.3 Å². The molecule has 0 saturated heterocycles. The molecule has 0 aromatic heterocycles. The van der Waals surface area contributed by atoms with Gasteiger partial charge in [0.1, 0.15) is 0 Å². The molecule has 1 amide bonds. The van der Waals surface area contributed by atoms with Gasteiger partial charge in [-0.2, -0.15) is 0 Å². The van der Waals surface area contributed by atoms with Crippen molar-refractivity contribution >= 4 is 23.1 Å². The van der Waals surface area contributed by atoms with Crippen LogP contribution in [0.5, 0.6) is 0 Å². The molecule has 1 unspecified atom stereocenters. The van der Waals surface area contributed by atoms with Crippen LogP contribution in [-0.4, -0.2) is 16.9 Å². The largest absolute Gasteiger partial charge is 0.392 e. The lowest BCUT2D eigenvalue weighted by Crippen LogP contribution is -2.41. The summed E-state index contributed by atoms with van der Waals surface area (Å²) >= 11 is 4.76. The van der Waals surface area contributed by atoms with Crippen molar-refractivity contribution in [1.29, 1.82) is 0 Å². The summed E-state index contributed by atoms with van der Waals surface area (Å²) in [5.74, 6) is -0.0681. The third-order valence-electron chi connectivity index (χ3n) is 2.01. The Labute approximate surface area is 94.7 Å². The second kappa shape index (κ2) is 5.46. The van der Waals surface area contributed by atoms with Gasteiger partial charge in [0, 0.05) is 0 Å². The maximum Gasteiger partial charge on any atom is 0.224 e. The molecule has 0 radical (unpaired) electrons. The first-order valence-electron chi connectivity index (χ1n) is 4.72. The van der Waals surface area contributed by atoms with Gasteiger partial charge in [0.25, 0.3) is 0 Å². The van der Waals surface area contributed by atoms with E-state index in [1.165, 1.54) is 0 Å². The number of thiocarbonyl (C=S) groups is 1. The molecule has 0 aliphatic heterocycles. The van der Waals surface area contributed by atoms with E-state index in [9.17, 15) is 4.79 Å².